The molecule has 17 heavy (non-hydrogen) atoms. The molecule has 1 aromatic heterocycles. The quantitative estimate of drug-likeness (QED) is 0.882. The molecule has 0 aliphatic heterocycles. The standard InChI is InChI=1S/C12H21ClN2O2/c1-6-17-12(3,4)10(16)7-9-8(2)14-15(5)11(9)13/h10,16H,6-7H2,1-5H3. The summed E-state index contributed by atoms with van der Waals surface area (Å²) in [4.78, 5) is 0. The zero-order valence-corrected chi connectivity index (χ0v) is 11.9. The lowest BCUT2D eigenvalue weighted by Crippen LogP contribution is -2.40. The number of halogens is 1. The predicted octanol–water partition coefficient (Wildman–Crippen LogP) is 2.10. The second kappa shape index (κ2) is 5.38. The van der Waals surface area contributed by atoms with E-state index in [1.165, 1.54) is 0 Å². The van der Waals surface area contributed by atoms with Crippen molar-refractivity contribution < 1.29 is 9.84 Å². The molecule has 1 heterocycles. The Kier molecular flexibility index (Phi) is 4.58. The van der Waals surface area contributed by atoms with Gasteiger partial charge in [-0.15, -0.1) is 0 Å². The number of ether oxygens (including phenoxy) is 1. The van der Waals surface area contributed by atoms with Gasteiger partial charge in [-0.2, -0.15) is 5.10 Å². The second-order valence-electron chi connectivity index (χ2n) is 4.73. The highest BCUT2D eigenvalue weighted by Crippen LogP contribution is 2.25. The van der Waals surface area contributed by atoms with Crippen LogP contribution in [0.25, 0.3) is 0 Å². The van der Waals surface area contributed by atoms with Gasteiger partial charge >= 0.3 is 0 Å². The number of hydrogen-bond donors (Lipinski definition) is 1. The smallest absolute Gasteiger partial charge is 0.130 e. The summed E-state index contributed by atoms with van der Waals surface area (Å²) < 4.78 is 7.15. The molecule has 1 rings (SSSR count). The van der Waals surface area contributed by atoms with Gasteiger partial charge in [0.2, 0.25) is 0 Å². The number of aryl methyl sites for hydroxylation is 2. The van der Waals surface area contributed by atoms with Crippen LogP contribution in [0.4, 0.5) is 0 Å². The highest BCUT2D eigenvalue weighted by atomic mass is 35.5. The van der Waals surface area contributed by atoms with Crippen LogP contribution >= 0.6 is 11.6 Å². The molecule has 1 atom stereocenters. The zero-order valence-electron chi connectivity index (χ0n) is 11.1. The van der Waals surface area contributed by atoms with Crippen LogP contribution in [0.5, 0.6) is 0 Å². The summed E-state index contributed by atoms with van der Waals surface area (Å²) in [6.07, 6.45) is -0.159. The maximum atomic E-state index is 10.2. The Labute approximate surface area is 108 Å². The first kappa shape index (κ1) is 14.5. The maximum Gasteiger partial charge on any atom is 0.130 e. The molecule has 0 saturated heterocycles. The molecule has 0 bridgehead atoms. The minimum absolute atomic E-state index is 0.450. The molecule has 0 amide bonds. The van der Waals surface area contributed by atoms with Crippen LogP contribution in [-0.2, 0) is 18.2 Å². The molecule has 0 aromatic carbocycles. The number of nitrogens with zero attached hydrogens (tertiary/aromatic N) is 2. The molecule has 0 aliphatic carbocycles. The largest absolute Gasteiger partial charge is 0.390 e. The van der Waals surface area contributed by atoms with Gasteiger partial charge in [0.15, 0.2) is 0 Å². The van der Waals surface area contributed by atoms with Crippen molar-refractivity contribution in [3.8, 4) is 0 Å². The molecule has 1 N–H and O–H groups in total. The van der Waals surface area contributed by atoms with Crippen molar-refractivity contribution in [3.63, 3.8) is 0 Å². The van der Waals surface area contributed by atoms with Gasteiger partial charge in [0.25, 0.3) is 0 Å². The third kappa shape index (κ3) is 3.21. The van der Waals surface area contributed by atoms with E-state index in [2.05, 4.69) is 5.10 Å². The van der Waals surface area contributed by atoms with Gasteiger partial charge in [0.1, 0.15) is 5.15 Å². The first-order chi connectivity index (χ1) is 7.79. The normalized spacial score (nSPS) is 14.1. The van der Waals surface area contributed by atoms with Crippen LogP contribution in [0, 0.1) is 6.92 Å². The molecule has 4 nitrogen and oxygen atoms in total. The molecule has 1 unspecified atom stereocenters. The monoisotopic (exact) mass is 260 g/mol. The minimum Gasteiger partial charge on any atom is -0.390 e. The molecule has 1 aromatic rings. The lowest BCUT2D eigenvalue weighted by Gasteiger charge is -2.30. The van der Waals surface area contributed by atoms with E-state index in [1.54, 1.807) is 11.7 Å². The second-order valence-corrected chi connectivity index (χ2v) is 5.09. The Morgan fingerprint density at radius 2 is 2.12 bits per heavy atom. The molecule has 0 fully saturated rings. The summed E-state index contributed by atoms with van der Waals surface area (Å²) in [6.45, 7) is 8.13. The fourth-order valence-corrected chi connectivity index (χ4v) is 2.06. The maximum absolute atomic E-state index is 10.2. The molecule has 98 valence electrons. The van der Waals surface area contributed by atoms with Crippen molar-refractivity contribution in [2.45, 2.75) is 45.8 Å². The van der Waals surface area contributed by atoms with Crippen LogP contribution in [-0.4, -0.2) is 33.2 Å². The first-order valence-corrected chi connectivity index (χ1v) is 6.17. The lowest BCUT2D eigenvalue weighted by molar-refractivity contribution is -0.0955. The summed E-state index contributed by atoms with van der Waals surface area (Å²) in [5, 5.41) is 15.0. The van der Waals surface area contributed by atoms with Crippen LogP contribution in [0.1, 0.15) is 32.0 Å². The molecule has 0 saturated carbocycles. The van der Waals surface area contributed by atoms with E-state index in [0.717, 1.165) is 11.3 Å². The topological polar surface area (TPSA) is 47.3 Å². The summed E-state index contributed by atoms with van der Waals surface area (Å²) in [7, 11) is 1.79. The number of aliphatic hydroxyl groups excluding tert-OH is 1. The van der Waals surface area contributed by atoms with E-state index in [0.29, 0.717) is 18.2 Å². The van der Waals surface area contributed by atoms with E-state index in [4.69, 9.17) is 16.3 Å². The van der Waals surface area contributed by atoms with Crippen molar-refractivity contribution in [3.05, 3.63) is 16.4 Å². The average molecular weight is 261 g/mol. The Morgan fingerprint density at radius 1 is 1.53 bits per heavy atom. The third-order valence-corrected chi connectivity index (χ3v) is 3.46. The SMILES string of the molecule is CCOC(C)(C)C(O)Cc1c(C)nn(C)c1Cl. The van der Waals surface area contributed by atoms with Gasteiger partial charge in [-0.25, -0.2) is 0 Å². The van der Waals surface area contributed by atoms with Crippen LogP contribution < -0.4 is 0 Å². The van der Waals surface area contributed by atoms with Gasteiger partial charge in [-0.3, -0.25) is 4.68 Å². The van der Waals surface area contributed by atoms with Gasteiger partial charge in [0.05, 0.1) is 17.4 Å². The Bertz CT molecular complexity index is 388. The van der Waals surface area contributed by atoms with Crippen LogP contribution in [0.2, 0.25) is 5.15 Å². The molecular formula is C12H21ClN2O2. The molecule has 0 spiro atoms. The highest BCUT2D eigenvalue weighted by Gasteiger charge is 2.30. The van der Waals surface area contributed by atoms with Crippen molar-refractivity contribution in [2.24, 2.45) is 7.05 Å². The summed E-state index contributed by atoms with van der Waals surface area (Å²) in [6, 6.07) is 0. The number of rotatable bonds is 5. The molecule has 5 heteroatoms. The van der Waals surface area contributed by atoms with E-state index in [1.807, 2.05) is 27.7 Å². The first-order valence-electron chi connectivity index (χ1n) is 5.79. The minimum atomic E-state index is -0.608. The fourth-order valence-electron chi connectivity index (χ4n) is 1.81. The van der Waals surface area contributed by atoms with Crippen LogP contribution in [0.15, 0.2) is 0 Å². The summed E-state index contributed by atoms with van der Waals surface area (Å²) in [5.74, 6) is 0. The summed E-state index contributed by atoms with van der Waals surface area (Å²) in [5.41, 5.74) is 1.15. The van der Waals surface area contributed by atoms with E-state index < -0.39 is 11.7 Å². The van der Waals surface area contributed by atoms with E-state index >= 15 is 0 Å². The van der Waals surface area contributed by atoms with Gasteiger partial charge in [-0.1, -0.05) is 11.6 Å². The fraction of sp³-hybridized carbons (Fsp3) is 0.750. The number of aliphatic hydroxyl groups is 1. The average Bonchev–Trinajstić information content (AvgIpc) is 2.45. The van der Waals surface area contributed by atoms with Gasteiger partial charge in [-0.05, 0) is 27.7 Å². The Morgan fingerprint density at radius 3 is 2.53 bits per heavy atom. The number of aromatic nitrogens is 2. The van der Waals surface area contributed by atoms with Gasteiger partial charge in [0, 0.05) is 25.6 Å². The van der Waals surface area contributed by atoms with Crippen molar-refractivity contribution >= 4 is 11.6 Å². The van der Waals surface area contributed by atoms with Crippen molar-refractivity contribution in [1.29, 1.82) is 0 Å². The van der Waals surface area contributed by atoms with Crippen molar-refractivity contribution in [2.75, 3.05) is 6.61 Å². The number of hydrogen-bond acceptors (Lipinski definition) is 3. The third-order valence-electron chi connectivity index (χ3n) is 2.99. The van der Waals surface area contributed by atoms with Crippen LogP contribution in [0.3, 0.4) is 0 Å². The molecule has 0 aliphatic rings. The zero-order chi connectivity index (χ0) is 13.2. The van der Waals surface area contributed by atoms with E-state index in [-0.39, 0.29) is 0 Å². The highest BCUT2D eigenvalue weighted by molar-refractivity contribution is 6.30. The lowest BCUT2D eigenvalue weighted by atomic mass is 9.95. The Hall–Kier alpha value is -0.580. The van der Waals surface area contributed by atoms with Gasteiger partial charge < -0.3 is 9.84 Å². The van der Waals surface area contributed by atoms with Crippen molar-refractivity contribution in [1.82, 2.24) is 9.78 Å². The molecular weight excluding hydrogens is 240 g/mol. The predicted molar refractivity (Wildman–Crippen MR) is 68.4 cm³/mol. The van der Waals surface area contributed by atoms with E-state index in [9.17, 15) is 5.11 Å². The summed E-state index contributed by atoms with van der Waals surface area (Å²) >= 11 is 6.13. The molecule has 0 radical (unpaired) electrons. The Balaban J connectivity index is 2.84.